The molecule has 0 aliphatic heterocycles. The fraction of sp³-hybridized carbons (Fsp3) is 0.811. The number of allylic oxidation sites excluding steroid dienone is 5. The van der Waals surface area contributed by atoms with Gasteiger partial charge in [-0.3, -0.25) is 13.8 Å². The molecule has 0 bridgehead atoms. The van der Waals surface area contributed by atoms with E-state index in [0.29, 0.717) is 17.4 Å². The van der Waals surface area contributed by atoms with E-state index in [-0.39, 0.29) is 19.1 Å². The molecule has 0 spiro atoms. The van der Waals surface area contributed by atoms with Crippen molar-refractivity contribution in [1.82, 2.24) is 5.32 Å². The van der Waals surface area contributed by atoms with Gasteiger partial charge < -0.3 is 19.8 Å². The molecule has 3 N–H and O–H groups in total. The van der Waals surface area contributed by atoms with Crippen LogP contribution < -0.4 is 5.32 Å². The Labute approximate surface area is 283 Å². The van der Waals surface area contributed by atoms with E-state index in [1.807, 2.05) is 27.2 Å². The van der Waals surface area contributed by atoms with Gasteiger partial charge in [0, 0.05) is 6.42 Å². The monoisotopic (exact) mass is 672 g/mol. The number of likely N-dealkylation sites (N-methyl/N-ethyl adjacent to an activating group) is 1. The normalized spacial score (nSPS) is 15.2. The van der Waals surface area contributed by atoms with E-state index in [9.17, 15) is 19.4 Å². The number of nitrogens with zero attached hydrogens (tertiary/aromatic N) is 1. The molecule has 8 nitrogen and oxygen atoms in total. The number of aliphatic hydroxyl groups is 1. The first-order valence-electron chi connectivity index (χ1n) is 18.4. The van der Waals surface area contributed by atoms with Crippen LogP contribution >= 0.6 is 7.82 Å². The summed E-state index contributed by atoms with van der Waals surface area (Å²) in [7, 11) is 1.55. The van der Waals surface area contributed by atoms with Gasteiger partial charge in [-0.05, 0) is 44.9 Å². The molecule has 0 rings (SSSR count). The van der Waals surface area contributed by atoms with Crippen molar-refractivity contribution in [3.63, 3.8) is 0 Å². The molecule has 3 unspecified atom stereocenters. The first kappa shape index (κ1) is 44.7. The summed E-state index contributed by atoms with van der Waals surface area (Å²) < 4.78 is 23.4. The zero-order chi connectivity index (χ0) is 34.4. The van der Waals surface area contributed by atoms with E-state index >= 15 is 0 Å². The largest absolute Gasteiger partial charge is 0.472 e. The Hall–Kier alpha value is -1.28. The molecule has 3 atom stereocenters. The smallest absolute Gasteiger partial charge is 0.387 e. The fourth-order valence-corrected chi connectivity index (χ4v) is 5.59. The summed E-state index contributed by atoms with van der Waals surface area (Å²) in [5, 5.41) is 13.7. The first-order chi connectivity index (χ1) is 22.0. The number of unbranched alkanes of at least 4 members (excludes halogenated alkanes) is 16. The molecule has 1 amide bonds. The average molecular weight is 672 g/mol. The summed E-state index contributed by atoms with van der Waals surface area (Å²) in [6.45, 7) is 4.71. The Morgan fingerprint density at radius 3 is 1.78 bits per heavy atom. The highest BCUT2D eigenvalue weighted by molar-refractivity contribution is 7.47. The van der Waals surface area contributed by atoms with Crippen LogP contribution in [-0.4, -0.2) is 73.4 Å². The van der Waals surface area contributed by atoms with Crippen molar-refractivity contribution in [2.45, 2.75) is 154 Å². The Kier molecular flexibility index (Phi) is 29.0. The average Bonchev–Trinajstić information content (AvgIpc) is 2.99. The van der Waals surface area contributed by atoms with Crippen molar-refractivity contribution in [2.24, 2.45) is 0 Å². The number of carbonyl (C=O) groups is 1. The quantitative estimate of drug-likeness (QED) is 0.0217. The van der Waals surface area contributed by atoms with Crippen LogP contribution in [0, 0.1) is 0 Å². The molecule has 0 aliphatic carbocycles. The SMILES string of the molecule is CCCCC/C=C\C=C/CCCCCCCCC(=O)NC(COP(=O)(O)OCC[N+](C)(C)C)C(O)/C=C/CCCCCCCCC. The predicted molar refractivity (Wildman–Crippen MR) is 194 cm³/mol. The Morgan fingerprint density at radius 1 is 0.739 bits per heavy atom. The zero-order valence-corrected chi connectivity index (χ0v) is 31.2. The molecular formula is C37H72N2O6P+. The molecule has 9 heteroatoms. The molecule has 0 aromatic carbocycles. The van der Waals surface area contributed by atoms with E-state index in [0.717, 1.165) is 51.4 Å². The number of nitrogens with one attached hydrogen (secondary N) is 1. The summed E-state index contributed by atoms with van der Waals surface area (Å²) in [5.74, 6) is -0.195. The Morgan fingerprint density at radius 2 is 1.22 bits per heavy atom. The number of rotatable bonds is 32. The van der Waals surface area contributed by atoms with Crippen LogP contribution in [0.5, 0.6) is 0 Å². The molecule has 0 fully saturated rings. The zero-order valence-electron chi connectivity index (χ0n) is 30.3. The van der Waals surface area contributed by atoms with E-state index in [2.05, 4.69) is 43.5 Å². The van der Waals surface area contributed by atoms with Gasteiger partial charge in [-0.15, -0.1) is 0 Å². The molecule has 46 heavy (non-hydrogen) atoms. The summed E-state index contributed by atoms with van der Waals surface area (Å²) in [4.78, 5) is 22.9. The Balaban J connectivity index is 4.54. The van der Waals surface area contributed by atoms with Crippen LogP contribution in [0.1, 0.15) is 142 Å². The van der Waals surface area contributed by atoms with Crippen molar-refractivity contribution in [2.75, 3.05) is 40.9 Å². The number of aliphatic hydroxyl groups excluding tert-OH is 1. The maximum atomic E-state index is 12.7. The number of hydrogen-bond donors (Lipinski definition) is 3. The lowest BCUT2D eigenvalue weighted by molar-refractivity contribution is -0.870. The van der Waals surface area contributed by atoms with Crippen LogP contribution in [0.2, 0.25) is 0 Å². The summed E-state index contributed by atoms with van der Waals surface area (Å²) in [6, 6.07) is -0.848. The molecular weight excluding hydrogens is 599 g/mol. The summed E-state index contributed by atoms with van der Waals surface area (Å²) in [5.41, 5.74) is 0. The van der Waals surface area contributed by atoms with Crippen molar-refractivity contribution in [1.29, 1.82) is 0 Å². The van der Waals surface area contributed by atoms with Crippen molar-refractivity contribution in [3.05, 3.63) is 36.5 Å². The number of quaternary nitrogens is 1. The third kappa shape index (κ3) is 31.3. The lowest BCUT2D eigenvalue weighted by Gasteiger charge is -2.25. The molecule has 270 valence electrons. The minimum Gasteiger partial charge on any atom is -0.387 e. The van der Waals surface area contributed by atoms with Gasteiger partial charge >= 0.3 is 7.82 Å². The first-order valence-corrected chi connectivity index (χ1v) is 19.9. The second-order valence-corrected chi connectivity index (χ2v) is 15.1. The third-order valence-corrected chi connectivity index (χ3v) is 8.87. The van der Waals surface area contributed by atoms with Gasteiger partial charge in [0.05, 0.1) is 39.9 Å². The third-order valence-electron chi connectivity index (χ3n) is 7.88. The number of hydrogen-bond acceptors (Lipinski definition) is 5. The van der Waals surface area contributed by atoms with Crippen LogP contribution in [0.3, 0.4) is 0 Å². The van der Waals surface area contributed by atoms with Crippen molar-refractivity contribution < 1.29 is 32.9 Å². The lowest BCUT2D eigenvalue weighted by atomic mass is 10.1. The van der Waals surface area contributed by atoms with Gasteiger partial charge in [-0.2, -0.15) is 0 Å². The van der Waals surface area contributed by atoms with Gasteiger partial charge in [0.15, 0.2) is 0 Å². The van der Waals surface area contributed by atoms with Crippen LogP contribution in [0.15, 0.2) is 36.5 Å². The van der Waals surface area contributed by atoms with E-state index in [4.69, 9.17) is 9.05 Å². The lowest BCUT2D eigenvalue weighted by Crippen LogP contribution is -2.45. The molecule has 0 heterocycles. The van der Waals surface area contributed by atoms with E-state index < -0.39 is 20.0 Å². The molecule has 0 saturated heterocycles. The number of amides is 1. The second-order valence-electron chi connectivity index (χ2n) is 13.6. The highest BCUT2D eigenvalue weighted by atomic mass is 31.2. The Bertz CT molecular complexity index is 855. The molecule has 0 saturated carbocycles. The predicted octanol–water partition coefficient (Wildman–Crippen LogP) is 9.18. The maximum Gasteiger partial charge on any atom is 0.472 e. The maximum absolute atomic E-state index is 12.7. The molecule has 0 aliphatic rings. The highest BCUT2D eigenvalue weighted by Crippen LogP contribution is 2.43. The highest BCUT2D eigenvalue weighted by Gasteiger charge is 2.27. The summed E-state index contributed by atoms with van der Waals surface area (Å²) in [6.07, 6.45) is 33.5. The van der Waals surface area contributed by atoms with E-state index in [1.54, 1.807) is 6.08 Å². The van der Waals surface area contributed by atoms with Crippen LogP contribution in [0.25, 0.3) is 0 Å². The standard InChI is InChI=1S/C37H71N2O6P/c1-6-8-10-12-14-16-17-18-19-20-21-23-25-27-29-31-37(41)38-35(34-45-46(42,43)44-33-32-39(3,4)5)36(40)30-28-26-24-22-15-13-11-9-7-2/h14,16-18,28,30,35-36,40H,6-13,15,19-27,29,31-34H2,1-5H3,(H-,38,41,42,43)/p+1/b16-14-,18-17-,30-28+. The number of phosphoric ester groups is 1. The van der Waals surface area contributed by atoms with Crippen molar-refractivity contribution in [3.8, 4) is 0 Å². The van der Waals surface area contributed by atoms with Crippen molar-refractivity contribution >= 4 is 13.7 Å². The second kappa shape index (κ2) is 29.8. The molecule has 0 aromatic rings. The van der Waals surface area contributed by atoms with Crippen LogP contribution in [0.4, 0.5) is 0 Å². The van der Waals surface area contributed by atoms with Gasteiger partial charge in [-0.1, -0.05) is 127 Å². The number of carbonyl (C=O) groups excluding carboxylic acids is 1. The summed E-state index contributed by atoms with van der Waals surface area (Å²) >= 11 is 0. The topological polar surface area (TPSA) is 105 Å². The fourth-order valence-electron chi connectivity index (χ4n) is 4.85. The molecule has 0 aromatic heterocycles. The van der Waals surface area contributed by atoms with Crippen LogP contribution in [-0.2, 0) is 18.4 Å². The van der Waals surface area contributed by atoms with Gasteiger partial charge in [0.2, 0.25) is 5.91 Å². The minimum atomic E-state index is -4.33. The van der Waals surface area contributed by atoms with Gasteiger partial charge in [0.1, 0.15) is 13.2 Å². The van der Waals surface area contributed by atoms with E-state index in [1.165, 1.54) is 70.6 Å². The van der Waals surface area contributed by atoms with Gasteiger partial charge in [0.25, 0.3) is 0 Å². The molecule has 0 radical (unpaired) electrons. The van der Waals surface area contributed by atoms with Gasteiger partial charge in [-0.25, -0.2) is 4.57 Å². The number of phosphoric acid groups is 1. The minimum absolute atomic E-state index is 0.0580.